The molecule has 0 rings (SSSR count). The van der Waals surface area contributed by atoms with Crippen molar-refractivity contribution in [3.05, 3.63) is 12.2 Å². The third-order valence-corrected chi connectivity index (χ3v) is 6.48. The molecule has 0 aliphatic heterocycles. The monoisotopic (exact) mass is 480 g/mol. The summed E-state index contributed by atoms with van der Waals surface area (Å²) in [6.07, 6.45) is 30.5. The summed E-state index contributed by atoms with van der Waals surface area (Å²) in [5.74, 6) is -0.699. The van der Waals surface area contributed by atoms with Crippen LogP contribution in [-0.4, -0.2) is 23.1 Å². The van der Waals surface area contributed by atoms with E-state index in [1.54, 1.807) is 0 Å². The van der Waals surface area contributed by atoms with Crippen LogP contribution < -0.4 is 0 Å². The molecule has 0 saturated heterocycles. The Bertz CT molecular complexity index is 486. The molecule has 200 valence electrons. The van der Waals surface area contributed by atoms with Crippen LogP contribution in [-0.2, 0) is 14.3 Å². The van der Waals surface area contributed by atoms with Gasteiger partial charge < -0.3 is 9.84 Å². The van der Waals surface area contributed by atoms with Crippen LogP contribution in [0.3, 0.4) is 0 Å². The van der Waals surface area contributed by atoms with Crippen molar-refractivity contribution in [1.82, 2.24) is 0 Å². The van der Waals surface area contributed by atoms with E-state index >= 15 is 0 Å². The van der Waals surface area contributed by atoms with Crippen LogP contribution in [0.15, 0.2) is 12.2 Å². The average Bonchev–Trinajstić information content (AvgIpc) is 2.80. The number of carbonyl (C=O) groups is 2. The van der Waals surface area contributed by atoms with E-state index in [4.69, 9.17) is 9.84 Å². The Morgan fingerprint density at radius 2 is 1.09 bits per heavy atom. The molecule has 0 amide bonds. The largest absolute Gasteiger partial charge is 0.481 e. The van der Waals surface area contributed by atoms with Crippen molar-refractivity contribution in [2.24, 2.45) is 0 Å². The van der Waals surface area contributed by atoms with Crippen molar-refractivity contribution in [3.63, 3.8) is 0 Å². The first-order chi connectivity index (χ1) is 16.6. The van der Waals surface area contributed by atoms with E-state index in [2.05, 4.69) is 19.1 Å². The standard InChI is InChI=1S/C30H56O4/c1-3-4-5-6-7-8-9-10-15-18-21-24-27-30(33)34-28(2)25-22-19-16-13-11-12-14-17-20-23-26-29(31)32/h6-7,28H,3-5,8-27H2,1-2H3,(H,31,32)/b7-6-. The van der Waals surface area contributed by atoms with Gasteiger partial charge in [0.15, 0.2) is 0 Å². The number of esters is 1. The molecular weight excluding hydrogens is 424 g/mol. The Morgan fingerprint density at radius 1 is 0.647 bits per heavy atom. The molecule has 0 spiro atoms. The van der Waals surface area contributed by atoms with E-state index in [0.717, 1.165) is 44.9 Å². The van der Waals surface area contributed by atoms with E-state index < -0.39 is 5.97 Å². The molecule has 1 atom stereocenters. The van der Waals surface area contributed by atoms with Gasteiger partial charge in [0.05, 0.1) is 6.10 Å². The van der Waals surface area contributed by atoms with Gasteiger partial charge in [-0.1, -0.05) is 109 Å². The lowest BCUT2D eigenvalue weighted by atomic mass is 10.0. The second-order valence-electron chi connectivity index (χ2n) is 10.0. The Labute approximate surface area is 211 Å². The fraction of sp³-hybridized carbons (Fsp3) is 0.867. The van der Waals surface area contributed by atoms with Crippen LogP contribution >= 0.6 is 0 Å². The third-order valence-electron chi connectivity index (χ3n) is 6.48. The quantitative estimate of drug-likeness (QED) is 0.0760. The van der Waals surface area contributed by atoms with Gasteiger partial charge in [0.2, 0.25) is 0 Å². The first-order valence-corrected chi connectivity index (χ1v) is 14.6. The zero-order valence-corrected chi connectivity index (χ0v) is 22.7. The van der Waals surface area contributed by atoms with E-state index in [1.165, 1.54) is 89.9 Å². The smallest absolute Gasteiger partial charge is 0.306 e. The first-order valence-electron chi connectivity index (χ1n) is 14.6. The highest BCUT2D eigenvalue weighted by Crippen LogP contribution is 2.14. The molecule has 0 saturated carbocycles. The van der Waals surface area contributed by atoms with Crippen molar-refractivity contribution in [1.29, 1.82) is 0 Å². The normalized spacial score (nSPS) is 12.3. The number of allylic oxidation sites excluding steroid dienone is 2. The highest BCUT2D eigenvalue weighted by Gasteiger charge is 2.09. The molecule has 1 unspecified atom stereocenters. The minimum Gasteiger partial charge on any atom is -0.481 e. The van der Waals surface area contributed by atoms with Crippen LogP contribution in [0.1, 0.15) is 162 Å². The van der Waals surface area contributed by atoms with Crippen LogP contribution in [0.25, 0.3) is 0 Å². The maximum absolute atomic E-state index is 12.0. The Morgan fingerprint density at radius 3 is 1.62 bits per heavy atom. The molecular formula is C30H56O4. The molecule has 0 heterocycles. The van der Waals surface area contributed by atoms with Crippen LogP contribution in [0.5, 0.6) is 0 Å². The predicted octanol–water partition coefficient (Wildman–Crippen LogP) is 9.55. The van der Waals surface area contributed by atoms with Gasteiger partial charge in [-0.05, 0) is 51.9 Å². The van der Waals surface area contributed by atoms with Crippen molar-refractivity contribution in [3.8, 4) is 0 Å². The lowest BCUT2D eigenvalue weighted by Gasteiger charge is -2.13. The average molecular weight is 481 g/mol. The number of carboxylic acid groups (broad SMARTS) is 1. The molecule has 0 bridgehead atoms. The second-order valence-corrected chi connectivity index (χ2v) is 10.0. The summed E-state index contributed by atoms with van der Waals surface area (Å²) < 4.78 is 5.57. The predicted molar refractivity (Wildman–Crippen MR) is 144 cm³/mol. The molecule has 0 aliphatic carbocycles. The maximum Gasteiger partial charge on any atom is 0.306 e. The molecule has 0 radical (unpaired) electrons. The number of hydrogen-bond acceptors (Lipinski definition) is 3. The van der Waals surface area contributed by atoms with Crippen LogP contribution in [0, 0.1) is 0 Å². The van der Waals surface area contributed by atoms with E-state index in [1.807, 2.05) is 6.92 Å². The van der Waals surface area contributed by atoms with E-state index in [9.17, 15) is 9.59 Å². The number of carboxylic acids is 1. The van der Waals surface area contributed by atoms with Gasteiger partial charge in [-0.15, -0.1) is 0 Å². The number of ether oxygens (including phenoxy) is 1. The Balaban J connectivity index is 3.34. The fourth-order valence-corrected chi connectivity index (χ4v) is 4.26. The fourth-order valence-electron chi connectivity index (χ4n) is 4.26. The highest BCUT2D eigenvalue weighted by molar-refractivity contribution is 5.69. The van der Waals surface area contributed by atoms with Gasteiger partial charge in [0.1, 0.15) is 0 Å². The summed E-state index contributed by atoms with van der Waals surface area (Å²) in [4.78, 5) is 22.5. The number of rotatable bonds is 26. The summed E-state index contributed by atoms with van der Waals surface area (Å²) in [5, 5.41) is 8.61. The SMILES string of the molecule is CCCC/C=C\CCCCCCCCC(=O)OC(C)CCCCCCCCCCCCC(=O)O. The van der Waals surface area contributed by atoms with E-state index in [-0.39, 0.29) is 12.1 Å². The third kappa shape index (κ3) is 26.9. The Kier molecular flexibility index (Phi) is 25.3. The van der Waals surface area contributed by atoms with Gasteiger partial charge in [-0.25, -0.2) is 0 Å². The van der Waals surface area contributed by atoms with Gasteiger partial charge in [0.25, 0.3) is 0 Å². The highest BCUT2D eigenvalue weighted by atomic mass is 16.5. The summed E-state index contributed by atoms with van der Waals surface area (Å²) in [5.41, 5.74) is 0. The van der Waals surface area contributed by atoms with Crippen molar-refractivity contribution < 1.29 is 19.4 Å². The number of carbonyl (C=O) groups excluding carboxylic acids is 1. The molecule has 4 nitrogen and oxygen atoms in total. The number of hydrogen-bond donors (Lipinski definition) is 1. The van der Waals surface area contributed by atoms with Crippen LogP contribution in [0.2, 0.25) is 0 Å². The summed E-state index contributed by atoms with van der Waals surface area (Å²) in [6.45, 7) is 4.26. The van der Waals surface area contributed by atoms with Gasteiger partial charge >= 0.3 is 11.9 Å². The second kappa shape index (κ2) is 26.3. The molecule has 1 N–H and O–H groups in total. The molecule has 0 aromatic carbocycles. The molecule has 0 fully saturated rings. The van der Waals surface area contributed by atoms with Crippen molar-refractivity contribution in [2.75, 3.05) is 0 Å². The zero-order chi connectivity index (χ0) is 25.1. The topological polar surface area (TPSA) is 63.6 Å². The maximum atomic E-state index is 12.0. The minimum atomic E-state index is -0.679. The molecule has 4 heteroatoms. The lowest BCUT2D eigenvalue weighted by molar-refractivity contribution is -0.148. The summed E-state index contributed by atoms with van der Waals surface area (Å²) in [6, 6.07) is 0. The van der Waals surface area contributed by atoms with E-state index in [0.29, 0.717) is 12.8 Å². The van der Waals surface area contributed by atoms with Crippen LogP contribution in [0.4, 0.5) is 0 Å². The molecule has 0 aromatic heterocycles. The van der Waals surface area contributed by atoms with Gasteiger partial charge in [0, 0.05) is 12.8 Å². The summed E-state index contributed by atoms with van der Waals surface area (Å²) >= 11 is 0. The molecule has 34 heavy (non-hydrogen) atoms. The van der Waals surface area contributed by atoms with Crippen molar-refractivity contribution >= 4 is 11.9 Å². The lowest BCUT2D eigenvalue weighted by Crippen LogP contribution is -2.14. The van der Waals surface area contributed by atoms with Gasteiger partial charge in [-0.3, -0.25) is 9.59 Å². The summed E-state index contributed by atoms with van der Waals surface area (Å²) in [7, 11) is 0. The molecule has 0 aliphatic rings. The van der Waals surface area contributed by atoms with Crippen molar-refractivity contribution in [2.45, 2.75) is 168 Å². The minimum absolute atomic E-state index is 0.0203. The molecule has 0 aromatic rings. The number of unbranched alkanes of at least 4 members (excludes halogenated alkanes) is 17. The van der Waals surface area contributed by atoms with Gasteiger partial charge in [-0.2, -0.15) is 0 Å². The number of aliphatic carboxylic acids is 1. The first kappa shape index (κ1) is 32.7. The Hall–Kier alpha value is -1.32. The zero-order valence-electron chi connectivity index (χ0n) is 22.7.